The molecule has 0 spiro atoms. The van der Waals surface area contributed by atoms with Crippen molar-refractivity contribution in [1.82, 2.24) is 4.98 Å². The van der Waals surface area contributed by atoms with Crippen molar-refractivity contribution in [2.45, 2.75) is 20.4 Å². The molecule has 0 aliphatic rings. The van der Waals surface area contributed by atoms with Crippen molar-refractivity contribution in [1.29, 1.82) is 0 Å². The number of rotatable bonds is 6. The summed E-state index contributed by atoms with van der Waals surface area (Å²) in [6, 6.07) is 4.61. The van der Waals surface area contributed by atoms with Crippen molar-refractivity contribution in [3.05, 3.63) is 40.1 Å². The Morgan fingerprint density at radius 1 is 1.35 bits per heavy atom. The highest BCUT2D eigenvalue weighted by molar-refractivity contribution is 7.15. The summed E-state index contributed by atoms with van der Waals surface area (Å²) in [5.41, 5.74) is 0.451. The van der Waals surface area contributed by atoms with E-state index >= 15 is 0 Å². The third kappa shape index (κ3) is 3.61. The lowest BCUT2D eigenvalue weighted by Crippen LogP contribution is -2.21. The Morgan fingerprint density at radius 3 is 2.75 bits per heavy atom. The largest absolute Gasteiger partial charge is 0.378 e. The number of anilines is 2. The molecule has 0 aliphatic heterocycles. The molecule has 0 bridgehead atoms. The van der Waals surface area contributed by atoms with Gasteiger partial charge in [-0.05, 0) is 32.0 Å². The molecule has 1 N–H and O–H groups in total. The minimum atomic E-state index is -0.342. The van der Waals surface area contributed by atoms with E-state index in [0.29, 0.717) is 17.3 Å². The third-order valence-corrected chi connectivity index (χ3v) is 4.25. The highest BCUT2D eigenvalue weighted by Crippen LogP contribution is 2.24. The van der Waals surface area contributed by atoms with E-state index < -0.39 is 0 Å². The molecule has 0 atom stereocenters. The molecule has 3 nitrogen and oxygen atoms in total. The fourth-order valence-electron chi connectivity index (χ4n) is 1.83. The normalized spacial score (nSPS) is 10.6. The average Bonchev–Trinajstić information content (AvgIpc) is 2.88. The minimum Gasteiger partial charge on any atom is -0.378 e. The Bertz CT molecular complexity index is 569. The molecule has 20 heavy (non-hydrogen) atoms. The lowest BCUT2D eigenvalue weighted by Gasteiger charge is -2.16. The zero-order valence-corrected chi connectivity index (χ0v) is 13.1. The summed E-state index contributed by atoms with van der Waals surface area (Å²) in [5, 5.41) is 4.46. The van der Waals surface area contributed by atoms with Crippen LogP contribution in [0.1, 0.15) is 18.7 Å². The number of aromatic nitrogens is 1. The molecule has 0 unspecified atom stereocenters. The monoisotopic (exact) mass is 313 g/mol. The molecular weight excluding hydrogens is 297 g/mol. The Kier molecular flexibility index (Phi) is 5.20. The van der Waals surface area contributed by atoms with E-state index in [4.69, 9.17) is 11.6 Å². The molecule has 108 valence electrons. The molecule has 2 aromatic rings. The first-order valence-corrected chi connectivity index (χ1v) is 7.72. The van der Waals surface area contributed by atoms with Gasteiger partial charge in [0.05, 0.1) is 12.2 Å². The maximum absolute atomic E-state index is 13.6. The van der Waals surface area contributed by atoms with Gasteiger partial charge in [0, 0.05) is 29.2 Å². The molecular formula is C14H17ClFN3S. The Hall–Kier alpha value is -1.33. The summed E-state index contributed by atoms with van der Waals surface area (Å²) in [4.78, 5) is 7.66. The van der Waals surface area contributed by atoms with E-state index in [2.05, 4.69) is 29.0 Å². The summed E-state index contributed by atoms with van der Waals surface area (Å²) in [5.74, 6) is -0.342. The van der Waals surface area contributed by atoms with Crippen LogP contribution in [0.4, 0.5) is 15.2 Å². The van der Waals surface area contributed by atoms with Gasteiger partial charge in [-0.3, -0.25) is 0 Å². The molecule has 0 saturated carbocycles. The van der Waals surface area contributed by atoms with Gasteiger partial charge in [0.25, 0.3) is 0 Å². The van der Waals surface area contributed by atoms with Crippen LogP contribution in [-0.2, 0) is 6.54 Å². The standard InChI is InChI=1S/C14H17ClFN3S/c1-3-19(4-2)14-18-9-11(20-14)8-17-13-6-5-10(15)7-12(13)16/h5-7,9,17H,3-4,8H2,1-2H3. The van der Waals surface area contributed by atoms with Gasteiger partial charge in [-0.15, -0.1) is 11.3 Å². The van der Waals surface area contributed by atoms with E-state index in [1.54, 1.807) is 23.5 Å². The number of halogens is 2. The number of hydrogen-bond donors (Lipinski definition) is 1. The second kappa shape index (κ2) is 6.90. The first-order chi connectivity index (χ1) is 9.63. The van der Waals surface area contributed by atoms with Crippen LogP contribution >= 0.6 is 22.9 Å². The van der Waals surface area contributed by atoms with Crippen LogP contribution in [0.2, 0.25) is 5.02 Å². The predicted octanol–water partition coefficient (Wildman–Crippen LogP) is 4.39. The molecule has 1 aromatic carbocycles. The number of nitrogens with zero attached hydrogens (tertiary/aromatic N) is 2. The van der Waals surface area contributed by atoms with Gasteiger partial charge in [-0.2, -0.15) is 0 Å². The highest BCUT2D eigenvalue weighted by atomic mass is 35.5. The number of benzene rings is 1. The van der Waals surface area contributed by atoms with Crippen molar-refractivity contribution in [3.63, 3.8) is 0 Å². The lowest BCUT2D eigenvalue weighted by molar-refractivity contribution is 0.630. The van der Waals surface area contributed by atoms with Crippen molar-refractivity contribution >= 4 is 33.8 Å². The fraction of sp³-hybridized carbons (Fsp3) is 0.357. The van der Waals surface area contributed by atoms with Crippen LogP contribution < -0.4 is 10.2 Å². The molecule has 0 saturated heterocycles. The molecule has 0 radical (unpaired) electrons. The molecule has 2 rings (SSSR count). The first-order valence-electron chi connectivity index (χ1n) is 6.52. The summed E-state index contributed by atoms with van der Waals surface area (Å²) in [7, 11) is 0. The van der Waals surface area contributed by atoms with Crippen molar-refractivity contribution < 1.29 is 4.39 Å². The zero-order chi connectivity index (χ0) is 14.5. The zero-order valence-electron chi connectivity index (χ0n) is 11.5. The van der Waals surface area contributed by atoms with E-state index in [-0.39, 0.29) is 5.82 Å². The maximum atomic E-state index is 13.6. The van der Waals surface area contributed by atoms with Gasteiger partial charge in [-0.25, -0.2) is 9.37 Å². The van der Waals surface area contributed by atoms with Crippen molar-refractivity contribution in [2.24, 2.45) is 0 Å². The van der Waals surface area contributed by atoms with Gasteiger partial charge in [0.1, 0.15) is 5.82 Å². The van der Waals surface area contributed by atoms with Gasteiger partial charge in [-0.1, -0.05) is 11.6 Å². The van der Waals surface area contributed by atoms with Crippen LogP contribution in [0.25, 0.3) is 0 Å². The molecule has 1 aromatic heterocycles. The van der Waals surface area contributed by atoms with E-state index in [1.165, 1.54) is 6.07 Å². The van der Waals surface area contributed by atoms with Gasteiger partial charge in [0.2, 0.25) is 0 Å². The molecule has 1 heterocycles. The quantitative estimate of drug-likeness (QED) is 0.857. The Labute approximate surface area is 127 Å². The minimum absolute atomic E-state index is 0.342. The van der Waals surface area contributed by atoms with E-state index in [1.807, 2.05) is 6.20 Å². The van der Waals surface area contributed by atoms with Crippen molar-refractivity contribution in [2.75, 3.05) is 23.3 Å². The summed E-state index contributed by atoms with van der Waals surface area (Å²) < 4.78 is 13.6. The van der Waals surface area contributed by atoms with E-state index in [9.17, 15) is 4.39 Å². The van der Waals surface area contributed by atoms with Gasteiger partial charge >= 0.3 is 0 Å². The first kappa shape index (κ1) is 15.1. The Balaban J connectivity index is 2.00. The smallest absolute Gasteiger partial charge is 0.185 e. The SMILES string of the molecule is CCN(CC)c1ncc(CNc2ccc(Cl)cc2F)s1. The third-order valence-electron chi connectivity index (χ3n) is 2.96. The van der Waals surface area contributed by atoms with Crippen LogP contribution in [0.5, 0.6) is 0 Å². The second-order valence-electron chi connectivity index (χ2n) is 4.26. The van der Waals surface area contributed by atoms with Gasteiger partial charge in [0.15, 0.2) is 5.13 Å². The highest BCUT2D eigenvalue weighted by Gasteiger charge is 2.08. The maximum Gasteiger partial charge on any atom is 0.185 e. The average molecular weight is 314 g/mol. The van der Waals surface area contributed by atoms with Crippen LogP contribution in [-0.4, -0.2) is 18.1 Å². The summed E-state index contributed by atoms with van der Waals surface area (Å²) in [6.45, 7) is 6.63. The second-order valence-corrected chi connectivity index (χ2v) is 5.79. The number of nitrogens with one attached hydrogen (secondary N) is 1. The number of hydrogen-bond acceptors (Lipinski definition) is 4. The van der Waals surface area contributed by atoms with Crippen LogP contribution in [0, 0.1) is 5.82 Å². The fourth-order valence-corrected chi connectivity index (χ4v) is 2.97. The molecule has 0 fully saturated rings. The molecule has 0 aliphatic carbocycles. The van der Waals surface area contributed by atoms with Crippen LogP contribution in [0.3, 0.4) is 0 Å². The van der Waals surface area contributed by atoms with E-state index in [0.717, 1.165) is 23.1 Å². The van der Waals surface area contributed by atoms with Crippen LogP contribution in [0.15, 0.2) is 24.4 Å². The topological polar surface area (TPSA) is 28.2 Å². The van der Waals surface area contributed by atoms with Gasteiger partial charge < -0.3 is 10.2 Å². The summed E-state index contributed by atoms with van der Waals surface area (Å²) in [6.07, 6.45) is 1.83. The molecule has 0 amide bonds. The summed E-state index contributed by atoms with van der Waals surface area (Å²) >= 11 is 7.35. The predicted molar refractivity (Wildman–Crippen MR) is 84.4 cm³/mol. The molecule has 6 heteroatoms. The number of thiazole rings is 1. The lowest BCUT2D eigenvalue weighted by atomic mass is 10.3. The van der Waals surface area contributed by atoms with Crippen molar-refractivity contribution in [3.8, 4) is 0 Å². The Morgan fingerprint density at radius 2 is 2.10 bits per heavy atom.